The van der Waals surface area contributed by atoms with Crippen molar-refractivity contribution in [2.24, 2.45) is 0 Å². The number of alkyl halides is 3. The maximum Gasteiger partial charge on any atom is 0.408 e. The summed E-state index contributed by atoms with van der Waals surface area (Å²) in [5.41, 5.74) is 5.32. The van der Waals surface area contributed by atoms with Crippen molar-refractivity contribution in [1.82, 2.24) is 25.0 Å². The number of amides is 1. The molecule has 0 fully saturated rings. The van der Waals surface area contributed by atoms with Crippen LogP contribution < -0.4 is 14.9 Å². The lowest BCUT2D eigenvalue weighted by atomic mass is 10.00. The first-order valence-electron chi connectivity index (χ1n) is 14.0. The molecule has 5 rings (SSSR count). The van der Waals surface area contributed by atoms with E-state index in [1.807, 2.05) is 49.5 Å². The van der Waals surface area contributed by atoms with E-state index in [4.69, 9.17) is 0 Å². The number of aliphatic hydroxyl groups is 1. The number of hydrogen-bond donors (Lipinski definition) is 3. The van der Waals surface area contributed by atoms with Gasteiger partial charge in [-0.2, -0.15) is 18.3 Å². The molecule has 0 saturated carbocycles. The van der Waals surface area contributed by atoms with Crippen molar-refractivity contribution in [2.75, 3.05) is 23.7 Å². The summed E-state index contributed by atoms with van der Waals surface area (Å²) < 4.78 is 43.1. The van der Waals surface area contributed by atoms with Crippen LogP contribution in [-0.2, 0) is 32.5 Å². The van der Waals surface area contributed by atoms with Crippen molar-refractivity contribution >= 4 is 34.4 Å². The molecule has 1 amide bonds. The van der Waals surface area contributed by atoms with E-state index in [9.17, 15) is 23.1 Å². The minimum Gasteiger partial charge on any atom is -0.390 e. The molecule has 1 aliphatic heterocycles. The Morgan fingerprint density at radius 3 is 2.69 bits per heavy atom. The Morgan fingerprint density at radius 1 is 1.17 bits per heavy atom. The molecule has 2 atom stereocenters. The number of anilines is 1. The minimum absolute atomic E-state index is 0.119. The molecule has 8 nitrogen and oxygen atoms in total. The maximum absolute atomic E-state index is 13.7. The van der Waals surface area contributed by atoms with Crippen LogP contribution in [0.25, 0.3) is 10.9 Å². The van der Waals surface area contributed by atoms with Crippen LogP contribution in [0.3, 0.4) is 0 Å². The highest BCUT2D eigenvalue weighted by atomic mass is 32.2. The van der Waals surface area contributed by atoms with E-state index >= 15 is 0 Å². The van der Waals surface area contributed by atoms with Gasteiger partial charge in [-0.05, 0) is 55.0 Å². The number of aliphatic hydroxyl groups excluding tert-OH is 1. The van der Waals surface area contributed by atoms with E-state index in [1.165, 1.54) is 23.3 Å². The summed E-state index contributed by atoms with van der Waals surface area (Å²) in [7, 11) is 2.01. The highest BCUT2D eigenvalue weighted by Crippen LogP contribution is 2.38. The molecule has 2 aromatic heterocycles. The summed E-state index contributed by atoms with van der Waals surface area (Å²) in [6, 6.07) is 12.8. The average molecular weight is 601 g/mol. The number of aryl methyl sites for hydroxylation is 2. The molecular weight excluding hydrogens is 565 g/mol. The predicted octanol–water partition coefficient (Wildman–Crippen LogP) is 4.55. The molecule has 0 unspecified atom stereocenters. The molecule has 0 radical (unpaired) electrons. The molecule has 0 saturated heterocycles. The van der Waals surface area contributed by atoms with E-state index in [2.05, 4.69) is 37.7 Å². The van der Waals surface area contributed by atoms with Gasteiger partial charge in [0.2, 0.25) is 0 Å². The molecule has 4 aromatic rings. The van der Waals surface area contributed by atoms with Crippen LogP contribution in [0.5, 0.6) is 0 Å². The van der Waals surface area contributed by atoms with E-state index in [-0.39, 0.29) is 19.0 Å². The zero-order chi connectivity index (χ0) is 29.9. The largest absolute Gasteiger partial charge is 0.408 e. The van der Waals surface area contributed by atoms with Gasteiger partial charge in [0.25, 0.3) is 5.91 Å². The second-order valence-electron chi connectivity index (χ2n) is 10.5. The van der Waals surface area contributed by atoms with Crippen LogP contribution in [0.15, 0.2) is 61.1 Å². The first-order valence-corrected chi connectivity index (χ1v) is 14.9. The Hall–Kier alpha value is -3.48. The number of carbonyl (C=O) groups excluding carboxylic acids is 1. The summed E-state index contributed by atoms with van der Waals surface area (Å²) in [5, 5.41) is 22.3. The van der Waals surface area contributed by atoms with Gasteiger partial charge in [-0.25, -0.2) is 0 Å². The van der Waals surface area contributed by atoms with Gasteiger partial charge in [0.1, 0.15) is 6.54 Å². The Labute approximate surface area is 247 Å². The lowest BCUT2D eigenvalue weighted by Crippen LogP contribution is -2.48. The molecule has 3 N–H and O–H groups in total. The second-order valence-corrected chi connectivity index (χ2v) is 11.8. The van der Waals surface area contributed by atoms with Crippen molar-refractivity contribution in [2.45, 2.75) is 57.7 Å². The van der Waals surface area contributed by atoms with Gasteiger partial charge < -0.3 is 24.6 Å². The molecule has 0 aliphatic carbocycles. The fourth-order valence-electron chi connectivity index (χ4n) is 5.36. The Bertz CT molecular complexity index is 1520. The monoisotopic (exact) mass is 600 g/mol. The Morgan fingerprint density at radius 2 is 1.95 bits per heavy atom. The van der Waals surface area contributed by atoms with Gasteiger partial charge >= 0.3 is 6.18 Å². The van der Waals surface area contributed by atoms with Crippen LogP contribution in [0, 0.1) is 0 Å². The lowest BCUT2D eigenvalue weighted by Gasteiger charge is -2.25. The number of nitrogens with zero attached hydrogens (tertiary/aromatic N) is 4. The third kappa shape index (κ3) is 7.11. The number of hydrogen-bond acceptors (Lipinski definition) is 6. The molecule has 12 heteroatoms. The van der Waals surface area contributed by atoms with Crippen LogP contribution in [0.2, 0.25) is 0 Å². The van der Waals surface area contributed by atoms with E-state index in [1.54, 1.807) is 11.9 Å². The van der Waals surface area contributed by atoms with Gasteiger partial charge in [-0.15, -0.1) is 0 Å². The zero-order valence-electron chi connectivity index (χ0n) is 23.6. The summed E-state index contributed by atoms with van der Waals surface area (Å²) in [4.78, 5) is 13.7. The molecule has 0 bridgehead atoms. The lowest BCUT2D eigenvalue weighted by molar-refractivity contribution is -0.142. The third-order valence-electron chi connectivity index (χ3n) is 7.43. The van der Waals surface area contributed by atoms with Crippen LogP contribution in [0.1, 0.15) is 34.0 Å². The second kappa shape index (κ2) is 12.8. The molecular formula is C30H35F3N6O2S. The topological polar surface area (TPSA) is 87.4 Å². The highest BCUT2D eigenvalue weighted by Gasteiger charge is 2.29. The number of benzene rings is 2. The van der Waals surface area contributed by atoms with Gasteiger partial charge in [-0.3, -0.25) is 9.48 Å². The Kier molecular flexibility index (Phi) is 9.14. The van der Waals surface area contributed by atoms with Gasteiger partial charge in [0.15, 0.2) is 0 Å². The predicted molar refractivity (Wildman–Crippen MR) is 160 cm³/mol. The van der Waals surface area contributed by atoms with Crippen LogP contribution in [-0.4, -0.2) is 63.0 Å². The highest BCUT2D eigenvalue weighted by molar-refractivity contribution is 8.00. The van der Waals surface area contributed by atoms with Gasteiger partial charge in [0.05, 0.1) is 29.5 Å². The summed E-state index contributed by atoms with van der Waals surface area (Å²) in [5.74, 6) is 0.673. The van der Waals surface area contributed by atoms with Crippen molar-refractivity contribution in [1.29, 1.82) is 0 Å². The van der Waals surface area contributed by atoms with Crippen LogP contribution >= 0.6 is 11.9 Å². The number of carbonyl (C=O) groups is 1. The van der Waals surface area contributed by atoms with Crippen molar-refractivity contribution < 1.29 is 23.1 Å². The molecule has 224 valence electrons. The average Bonchev–Trinajstić information content (AvgIpc) is 3.50. The van der Waals surface area contributed by atoms with Gasteiger partial charge in [0, 0.05) is 61.3 Å². The standard InChI is InChI=1S/C30H35F3N6O2S/c1-3-38-18-22-9-10-42-37(2)25-12-23(13-26(38)28(22)25)29(41)36-24(11-20-7-5-4-6-8-20)27(40)16-34-14-21-15-35-39(17-21)19-30(31,32)33/h4-8,12-13,15,17-18,24,27,34,40H,3,9-11,14,16,19H2,1-2H3,(H,36,41)/t24-,27+/m0/s1. The van der Waals surface area contributed by atoms with Crippen molar-refractivity contribution in [3.05, 3.63) is 83.3 Å². The van der Waals surface area contributed by atoms with E-state index in [0.717, 1.165) is 40.2 Å². The molecule has 2 aromatic carbocycles. The summed E-state index contributed by atoms with van der Waals surface area (Å²) in [6.45, 7) is 2.05. The smallest absolute Gasteiger partial charge is 0.390 e. The zero-order valence-corrected chi connectivity index (χ0v) is 24.4. The summed E-state index contributed by atoms with van der Waals surface area (Å²) >= 11 is 1.72. The molecule has 1 aliphatic rings. The number of nitrogens with one attached hydrogen (secondary N) is 2. The van der Waals surface area contributed by atoms with E-state index in [0.29, 0.717) is 17.5 Å². The van der Waals surface area contributed by atoms with E-state index < -0.39 is 24.9 Å². The first kappa shape index (κ1) is 30.0. The van der Waals surface area contributed by atoms with Crippen molar-refractivity contribution in [3.63, 3.8) is 0 Å². The summed E-state index contributed by atoms with van der Waals surface area (Å²) in [6.07, 6.45) is 0.912. The number of rotatable bonds is 11. The quantitative estimate of drug-likeness (QED) is 0.219. The molecule has 0 spiro atoms. The number of aromatic nitrogens is 3. The fraction of sp³-hybridized carbons (Fsp3) is 0.400. The number of halogens is 3. The van der Waals surface area contributed by atoms with Gasteiger partial charge in [-0.1, -0.05) is 30.3 Å². The Balaban J connectivity index is 1.32. The molecule has 42 heavy (non-hydrogen) atoms. The maximum atomic E-state index is 13.7. The SMILES string of the molecule is CCn1cc2c3c(cc(C(=O)N[C@@H](Cc4ccccc4)[C@H](O)CNCc4cnn(CC(F)(F)F)c4)cc31)N(C)SCC2. The minimum atomic E-state index is -4.35. The fourth-order valence-corrected chi connectivity index (χ4v) is 6.23. The normalized spacial score (nSPS) is 15.0. The first-order chi connectivity index (χ1) is 20.1. The van der Waals surface area contributed by atoms with Crippen molar-refractivity contribution in [3.8, 4) is 0 Å². The third-order valence-corrected chi connectivity index (χ3v) is 8.40. The van der Waals surface area contributed by atoms with Crippen LogP contribution in [0.4, 0.5) is 18.9 Å². The molecule has 3 heterocycles.